The summed E-state index contributed by atoms with van der Waals surface area (Å²) in [6.07, 6.45) is 3.34. The summed E-state index contributed by atoms with van der Waals surface area (Å²) >= 11 is 0. The van der Waals surface area contributed by atoms with E-state index in [-0.39, 0.29) is 11.1 Å². The fourth-order valence-corrected chi connectivity index (χ4v) is 3.82. The molecule has 0 saturated carbocycles. The van der Waals surface area contributed by atoms with Gasteiger partial charge in [-0.2, -0.15) is 0 Å². The summed E-state index contributed by atoms with van der Waals surface area (Å²) in [5.41, 5.74) is 3.02. The van der Waals surface area contributed by atoms with Crippen molar-refractivity contribution >= 4 is 45.9 Å². The summed E-state index contributed by atoms with van der Waals surface area (Å²) in [7, 11) is 3.60. The van der Waals surface area contributed by atoms with Crippen LogP contribution in [0.15, 0.2) is 48.5 Å². The molecule has 0 spiro atoms. The van der Waals surface area contributed by atoms with Crippen molar-refractivity contribution < 1.29 is 19.8 Å². The van der Waals surface area contributed by atoms with Gasteiger partial charge in [0.1, 0.15) is 0 Å². The number of carboxylic acid groups (broad SMARTS) is 2. The summed E-state index contributed by atoms with van der Waals surface area (Å²) in [6, 6.07) is 14.6. The first-order valence-electron chi connectivity index (χ1n) is 8.71. The zero-order chi connectivity index (χ0) is 20.0. The second-order valence-corrected chi connectivity index (χ2v) is 6.62. The molecule has 140 valence electrons. The van der Waals surface area contributed by atoms with Gasteiger partial charge in [0.25, 0.3) is 0 Å². The summed E-state index contributed by atoms with van der Waals surface area (Å²) in [4.78, 5) is 23.8. The van der Waals surface area contributed by atoms with Crippen LogP contribution in [0.4, 0.5) is 0 Å². The molecule has 6 nitrogen and oxygen atoms in total. The fraction of sp³-hybridized carbons (Fsp3) is 0.0909. The van der Waals surface area contributed by atoms with Crippen LogP contribution >= 0.6 is 0 Å². The molecule has 2 heterocycles. The van der Waals surface area contributed by atoms with E-state index in [2.05, 4.69) is 0 Å². The number of hydrogen-bond donors (Lipinski definition) is 2. The van der Waals surface area contributed by atoms with Gasteiger partial charge in [-0.15, -0.1) is 0 Å². The molecule has 0 unspecified atom stereocenters. The molecule has 0 saturated heterocycles. The predicted octanol–water partition coefficient (Wildman–Crippen LogP) is 4.24. The van der Waals surface area contributed by atoms with Gasteiger partial charge in [0, 0.05) is 35.9 Å². The third-order valence-electron chi connectivity index (χ3n) is 5.13. The monoisotopic (exact) mass is 374 g/mol. The van der Waals surface area contributed by atoms with Crippen LogP contribution in [0.5, 0.6) is 0 Å². The van der Waals surface area contributed by atoms with Gasteiger partial charge in [0.2, 0.25) is 0 Å². The van der Waals surface area contributed by atoms with Crippen LogP contribution in [0.1, 0.15) is 32.1 Å². The Balaban J connectivity index is 1.97. The molecule has 0 amide bonds. The quantitative estimate of drug-likeness (QED) is 0.560. The van der Waals surface area contributed by atoms with Crippen molar-refractivity contribution in [2.45, 2.75) is 0 Å². The van der Waals surface area contributed by atoms with E-state index in [4.69, 9.17) is 0 Å². The summed E-state index contributed by atoms with van der Waals surface area (Å²) in [6.45, 7) is 0. The Morgan fingerprint density at radius 2 is 1.07 bits per heavy atom. The normalized spacial score (nSPS) is 11.6. The zero-order valence-corrected chi connectivity index (χ0v) is 15.4. The maximum absolute atomic E-state index is 11.9. The largest absolute Gasteiger partial charge is 0.478 e. The third kappa shape index (κ3) is 2.50. The molecule has 0 aliphatic heterocycles. The molecular weight excluding hydrogens is 356 g/mol. The highest BCUT2D eigenvalue weighted by Crippen LogP contribution is 2.30. The number of para-hydroxylation sites is 2. The Labute approximate surface area is 160 Å². The maximum Gasteiger partial charge on any atom is 0.338 e. The Hall–Kier alpha value is -3.80. The SMILES string of the molecule is Cn1c(/C=C/c2c(C(=O)O)c3ccccc3n2C)c(C(=O)O)c2ccccc21. The van der Waals surface area contributed by atoms with Crippen molar-refractivity contribution in [3.8, 4) is 0 Å². The van der Waals surface area contributed by atoms with Crippen molar-refractivity contribution in [1.29, 1.82) is 0 Å². The summed E-state index contributed by atoms with van der Waals surface area (Å²) < 4.78 is 3.61. The molecule has 2 aromatic heterocycles. The van der Waals surface area contributed by atoms with Crippen LogP contribution in [0, 0.1) is 0 Å². The van der Waals surface area contributed by atoms with Gasteiger partial charge in [0.15, 0.2) is 0 Å². The molecule has 0 radical (unpaired) electrons. The molecular formula is C22H18N2O4. The van der Waals surface area contributed by atoms with E-state index in [1.807, 2.05) is 24.3 Å². The minimum atomic E-state index is -1.02. The van der Waals surface area contributed by atoms with Gasteiger partial charge in [-0.05, 0) is 24.3 Å². The van der Waals surface area contributed by atoms with Crippen molar-refractivity contribution in [3.05, 3.63) is 71.0 Å². The molecule has 2 N–H and O–H groups in total. The van der Waals surface area contributed by atoms with Crippen LogP contribution in [0.25, 0.3) is 34.0 Å². The first-order valence-corrected chi connectivity index (χ1v) is 8.71. The molecule has 4 rings (SSSR count). The van der Waals surface area contributed by atoms with Crippen molar-refractivity contribution in [2.24, 2.45) is 14.1 Å². The number of nitrogens with zero attached hydrogens (tertiary/aromatic N) is 2. The molecule has 28 heavy (non-hydrogen) atoms. The Bertz CT molecular complexity index is 1190. The Kier molecular flexibility index (Phi) is 4.04. The van der Waals surface area contributed by atoms with Crippen LogP contribution in [-0.2, 0) is 14.1 Å². The van der Waals surface area contributed by atoms with Crippen molar-refractivity contribution in [3.63, 3.8) is 0 Å². The molecule has 0 atom stereocenters. The number of aromatic carboxylic acids is 2. The number of fused-ring (bicyclic) bond motifs is 2. The van der Waals surface area contributed by atoms with Crippen LogP contribution in [-0.4, -0.2) is 31.3 Å². The molecule has 0 aliphatic rings. The highest BCUT2D eigenvalue weighted by molar-refractivity contribution is 6.10. The van der Waals surface area contributed by atoms with Gasteiger partial charge < -0.3 is 19.3 Å². The maximum atomic E-state index is 11.9. The summed E-state index contributed by atoms with van der Waals surface area (Å²) in [5, 5.41) is 20.8. The first-order chi connectivity index (χ1) is 13.4. The average Bonchev–Trinajstić information content (AvgIpc) is 3.12. The molecule has 2 aromatic carbocycles. The predicted molar refractivity (Wildman–Crippen MR) is 109 cm³/mol. The van der Waals surface area contributed by atoms with E-state index in [1.54, 1.807) is 59.6 Å². The second kappa shape index (κ2) is 6.42. The molecule has 6 heteroatoms. The van der Waals surface area contributed by atoms with Crippen LogP contribution in [0.2, 0.25) is 0 Å². The first kappa shape index (κ1) is 17.6. The number of hydrogen-bond acceptors (Lipinski definition) is 2. The van der Waals surface area contributed by atoms with E-state index in [0.717, 1.165) is 11.0 Å². The van der Waals surface area contributed by atoms with Gasteiger partial charge in [0.05, 0.1) is 22.5 Å². The van der Waals surface area contributed by atoms with Crippen LogP contribution < -0.4 is 0 Å². The minimum Gasteiger partial charge on any atom is -0.478 e. The van der Waals surface area contributed by atoms with Gasteiger partial charge in [-0.1, -0.05) is 36.4 Å². The number of benzene rings is 2. The van der Waals surface area contributed by atoms with Crippen molar-refractivity contribution in [2.75, 3.05) is 0 Å². The molecule has 4 aromatic rings. The van der Waals surface area contributed by atoms with Crippen molar-refractivity contribution in [1.82, 2.24) is 9.13 Å². The highest BCUT2D eigenvalue weighted by Gasteiger charge is 2.21. The third-order valence-corrected chi connectivity index (χ3v) is 5.13. The van der Waals surface area contributed by atoms with E-state index < -0.39 is 11.9 Å². The van der Waals surface area contributed by atoms with Gasteiger partial charge >= 0.3 is 11.9 Å². The Morgan fingerprint density at radius 1 is 0.714 bits per heavy atom. The van der Waals surface area contributed by atoms with E-state index in [1.165, 1.54) is 0 Å². The fourth-order valence-electron chi connectivity index (χ4n) is 3.82. The standard InChI is InChI=1S/C22H18N2O4/c1-23-15-9-5-3-7-13(15)19(21(25)26)17(23)11-12-18-20(22(27)28)14-8-4-6-10-16(14)24(18)2/h3-12H,1-2H3,(H,25,26)(H,27,28)/b12-11+. The van der Waals surface area contributed by atoms with Gasteiger partial charge in [-0.25, -0.2) is 9.59 Å². The topological polar surface area (TPSA) is 84.5 Å². The van der Waals surface area contributed by atoms with Gasteiger partial charge in [-0.3, -0.25) is 0 Å². The molecule has 0 bridgehead atoms. The molecule has 0 aliphatic carbocycles. The number of rotatable bonds is 4. The lowest BCUT2D eigenvalue weighted by atomic mass is 10.1. The number of carboxylic acids is 2. The number of aryl methyl sites for hydroxylation is 2. The summed E-state index contributed by atoms with van der Waals surface area (Å²) in [5.74, 6) is -2.04. The smallest absolute Gasteiger partial charge is 0.338 e. The number of aromatic nitrogens is 2. The highest BCUT2D eigenvalue weighted by atomic mass is 16.4. The molecule has 0 fully saturated rings. The lowest BCUT2D eigenvalue weighted by Gasteiger charge is -2.03. The average molecular weight is 374 g/mol. The minimum absolute atomic E-state index is 0.199. The zero-order valence-electron chi connectivity index (χ0n) is 15.4. The Morgan fingerprint density at radius 3 is 1.43 bits per heavy atom. The number of carbonyl (C=O) groups is 2. The van der Waals surface area contributed by atoms with E-state index in [9.17, 15) is 19.8 Å². The van der Waals surface area contributed by atoms with E-state index >= 15 is 0 Å². The van der Waals surface area contributed by atoms with E-state index in [0.29, 0.717) is 22.2 Å². The lowest BCUT2D eigenvalue weighted by molar-refractivity contribution is 0.0687. The lowest BCUT2D eigenvalue weighted by Crippen LogP contribution is -2.02. The second-order valence-electron chi connectivity index (χ2n) is 6.62. The van der Waals surface area contributed by atoms with Crippen LogP contribution in [0.3, 0.4) is 0 Å².